The maximum absolute atomic E-state index is 14.3. The Hall–Kier alpha value is -3.47. The van der Waals surface area contributed by atoms with E-state index in [1.165, 1.54) is 37.3 Å². The number of hydrogen-bond acceptors (Lipinski definition) is 6. The maximum Gasteiger partial charge on any atom is 0.264 e. The number of halogens is 2. The molecule has 9 nitrogen and oxygen atoms in total. The van der Waals surface area contributed by atoms with Gasteiger partial charge in [-0.25, -0.2) is 8.42 Å². The number of sulfonamides is 1. The Morgan fingerprint density at radius 2 is 1.59 bits per heavy atom. The van der Waals surface area contributed by atoms with E-state index in [0.29, 0.717) is 27.8 Å². The van der Waals surface area contributed by atoms with Gasteiger partial charge in [-0.1, -0.05) is 60.8 Å². The van der Waals surface area contributed by atoms with E-state index in [0.717, 1.165) is 9.87 Å². The third kappa shape index (κ3) is 8.37. The Labute approximate surface area is 270 Å². The van der Waals surface area contributed by atoms with Crippen LogP contribution in [0, 0.1) is 6.92 Å². The molecule has 0 aliphatic carbocycles. The molecule has 3 aromatic rings. The first-order chi connectivity index (χ1) is 20.9. The van der Waals surface area contributed by atoms with Crippen LogP contribution in [0.3, 0.4) is 0 Å². The Morgan fingerprint density at radius 1 is 0.909 bits per heavy atom. The molecular weight excluding hydrogens is 625 g/mol. The lowest BCUT2D eigenvalue weighted by atomic mass is 10.1. The smallest absolute Gasteiger partial charge is 0.264 e. The van der Waals surface area contributed by atoms with Crippen LogP contribution in [0.2, 0.25) is 10.0 Å². The molecule has 44 heavy (non-hydrogen) atoms. The van der Waals surface area contributed by atoms with Crippen LogP contribution in [-0.4, -0.2) is 58.0 Å². The number of benzene rings is 3. The molecule has 2 amide bonds. The van der Waals surface area contributed by atoms with E-state index >= 15 is 0 Å². The topological polar surface area (TPSA) is 105 Å². The quantitative estimate of drug-likeness (QED) is 0.219. The van der Waals surface area contributed by atoms with Gasteiger partial charge in [0.1, 0.15) is 24.1 Å². The van der Waals surface area contributed by atoms with Crippen molar-refractivity contribution in [3.8, 4) is 11.5 Å². The zero-order chi connectivity index (χ0) is 32.6. The van der Waals surface area contributed by atoms with Crippen molar-refractivity contribution in [3.05, 3.63) is 81.8 Å². The molecule has 0 aliphatic rings. The molecule has 0 unspecified atom stereocenters. The van der Waals surface area contributed by atoms with E-state index in [1.54, 1.807) is 49.4 Å². The van der Waals surface area contributed by atoms with Crippen molar-refractivity contribution in [3.63, 3.8) is 0 Å². The predicted octanol–water partition coefficient (Wildman–Crippen LogP) is 6.24. The summed E-state index contributed by atoms with van der Waals surface area (Å²) in [7, 11) is -1.44. The first-order valence-electron chi connectivity index (χ1n) is 14.2. The van der Waals surface area contributed by atoms with E-state index in [9.17, 15) is 18.0 Å². The highest BCUT2D eigenvalue weighted by Crippen LogP contribution is 2.36. The molecule has 0 aromatic heterocycles. The lowest BCUT2D eigenvalue weighted by molar-refractivity contribution is -0.140. The van der Waals surface area contributed by atoms with Crippen LogP contribution in [-0.2, 0) is 26.2 Å². The molecule has 12 heteroatoms. The molecule has 3 aromatic carbocycles. The summed E-state index contributed by atoms with van der Waals surface area (Å²) in [6, 6.07) is 14.9. The van der Waals surface area contributed by atoms with Crippen molar-refractivity contribution in [1.82, 2.24) is 10.2 Å². The molecule has 1 N–H and O–H groups in total. The van der Waals surface area contributed by atoms with Crippen LogP contribution in [0.15, 0.2) is 65.6 Å². The number of methoxy groups -OCH3 is 2. The zero-order valence-corrected chi connectivity index (χ0v) is 28.1. The van der Waals surface area contributed by atoms with Crippen molar-refractivity contribution in [2.45, 2.75) is 64.1 Å². The van der Waals surface area contributed by atoms with E-state index in [-0.39, 0.29) is 41.2 Å². The minimum atomic E-state index is -4.31. The molecule has 0 aliphatic heterocycles. The van der Waals surface area contributed by atoms with Gasteiger partial charge in [-0.15, -0.1) is 0 Å². The van der Waals surface area contributed by atoms with Crippen LogP contribution in [0.1, 0.15) is 44.7 Å². The van der Waals surface area contributed by atoms with Crippen molar-refractivity contribution >= 4 is 50.7 Å². The summed E-state index contributed by atoms with van der Waals surface area (Å²) in [4.78, 5) is 29.2. The summed E-state index contributed by atoms with van der Waals surface area (Å²) in [5.74, 6) is -0.374. The second-order valence-corrected chi connectivity index (χ2v) is 13.1. The molecule has 0 radical (unpaired) electrons. The fraction of sp³-hybridized carbons (Fsp3) is 0.375. The average Bonchev–Trinajstić information content (AvgIpc) is 3.01. The fourth-order valence-corrected chi connectivity index (χ4v) is 6.27. The van der Waals surface area contributed by atoms with E-state index in [4.69, 9.17) is 32.7 Å². The lowest BCUT2D eigenvalue weighted by Crippen LogP contribution is -2.53. The number of amides is 2. The number of carbonyl (C=O) groups excluding carboxylic acids is 2. The SMILES string of the molecule is CC[C@@H](C)NC(=O)[C@H](CC)N(Cc1ccc(Cl)c(Cl)c1)C(=O)CN(c1cc(OC)ccc1OC)S(=O)(=O)c1ccc(C)cc1. The highest BCUT2D eigenvalue weighted by Gasteiger charge is 2.35. The van der Waals surface area contributed by atoms with Crippen molar-refractivity contribution in [2.24, 2.45) is 0 Å². The van der Waals surface area contributed by atoms with Crippen molar-refractivity contribution in [1.29, 1.82) is 0 Å². The minimum Gasteiger partial charge on any atom is -0.497 e. The van der Waals surface area contributed by atoms with Crippen LogP contribution >= 0.6 is 23.2 Å². The van der Waals surface area contributed by atoms with E-state index in [1.807, 2.05) is 20.8 Å². The van der Waals surface area contributed by atoms with Gasteiger partial charge in [0, 0.05) is 18.7 Å². The molecule has 0 bridgehead atoms. The summed E-state index contributed by atoms with van der Waals surface area (Å²) < 4.78 is 40.3. The summed E-state index contributed by atoms with van der Waals surface area (Å²) in [5.41, 5.74) is 1.60. The maximum atomic E-state index is 14.3. The number of rotatable bonds is 14. The highest BCUT2D eigenvalue weighted by molar-refractivity contribution is 7.92. The molecule has 0 spiro atoms. The van der Waals surface area contributed by atoms with Crippen molar-refractivity contribution in [2.75, 3.05) is 25.1 Å². The highest BCUT2D eigenvalue weighted by atomic mass is 35.5. The minimum absolute atomic E-state index is 0.0154. The summed E-state index contributed by atoms with van der Waals surface area (Å²) in [6.45, 7) is 6.81. The monoisotopic (exact) mass is 663 g/mol. The molecule has 0 saturated carbocycles. The first-order valence-corrected chi connectivity index (χ1v) is 16.4. The Morgan fingerprint density at radius 3 is 2.16 bits per heavy atom. The van der Waals surface area contributed by atoms with Crippen LogP contribution in [0.4, 0.5) is 5.69 Å². The van der Waals surface area contributed by atoms with E-state index in [2.05, 4.69) is 5.32 Å². The lowest BCUT2D eigenvalue weighted by Gasteiger charge is -2.34. The van der Waals surface area contributed by atoms with Crippen molar-refractivity contribution < 1.29 is 27.5 Å². The normalized spacial score (nSPS) is 12.6. The third-order valence-corrected chi connectivity index (χ3v) is 9.78. The largest absolute Gasteiger partial charge is 0.497 e. The number of anilines is 1. The summed E-state index contributed by atoms with van der Waals surface area (Å²) in [6.07, 6.45) is 0.976. The molecule has 0 heterocycles. The summed E-state index contributed by atoms with van der Waals surface area (Å²) in [5, 5.41) is 3.59. The number of aryl methyl sites for hydroxylation is 1. The van der Waals surface area contributed by atoms with Gasteiger partial charge in [0.2, 0.25) is 11.8 Å². The summed E-state index contributed by atoms with van der Waals surface area (Å²) >= 11 is 12.4. The van der Waals surface area contributed by atoms with Crippen LogP contribution in [0.5, 0.6) is 11.5 Å². The second-order valence-electron chi connectivity index (χ2n) is 10.4. The molecule has 3 rings (SSSR count). The molecule has 238 valence electrons. The first kappa shape index (κ1) is 35.0. The van der Waals surface area contributed by atoms with Gasteiger partial charge in [0.15, 0.2) is 0 Å². The van der Waals surface area contributed by atoms with E-state index < -0.39 is 28.5 Å². The Balaban J connectivity index is 2.16. The van der Waals surface area contributed by atoms with Gasteiger partial charge in [-0.2, -0.15) is 0 Å². The standard InChI is InChI=1S/C32H39Cl2N3O6S/c1-7-22(4)35-32(39)28(8-2)36(19-23-11-15-26(33)27(34)17-23)31(38)20-37(29-18-24(42-5)12-16-30(29)43-6)44(40,41)25-13-9-21(3)10-14-25/h9-18,22,28H,7-8,19-20H2,1-6H3,(H,35,39)/t22-,28+/m1/s1. The fourth-order valence-electron chi connectivity index (χ4n) is 4.54. The molecule has 2 atom stereocenters. The number of ether oxygens (including phenoxy) is 2. The number of nitrogens with zero attached hydrogens (tertiary/aromatic N) is 2. The molecule has 0 fully saturated rings. The Kier molecular flexibility index (Phi) is 12.3. The van der Waals surface area contributed by atoms with Gasteiger partial charge in [0.05, 0.1) is 34.8 Å². The van der Waals surface area contributed by atoms with Gasteiger partial charge in [-0.05, 0) is 68.7 Å². The van der Waals surface area contributed by atoms with Crippen LogP contribution < -0.4 is 19.1 Å². The van der Waals surface area contributed by atoms with Gasteiger partial charge in [-0.3, -0.25) is 13.9 Å². The van der Waals surface area contributed by atoms with Gasteiger partial charge < -0.3 is 19.7 Å². The third-order valence-electron chi connectivity index (χ3n) is 7.27. The Bertz CT molecular complexity index is 1570. The zero-order valence-electron chi connectivity index (χ0n) is 25.8. The number of nitrogens with one attached hydrogen (secondary N) is 1. The second kappa shape index (κ2) is 15.5. The number of carbonyl (C=O) groups is 2. The number of hydrogen-bond donors (Lipinski definition) is 1. The average molecular weight is 665 g/mol. The van der Waals surface area contributed by atoms with Crippen LogP contribution in [0.25, 0.3) is 0 Å². The predicted molar refractivity (Wildman–Crippen MR) is 174 cm³/mol. The van der Waals surface area contributed by atoms with Gasteiger partial charge in [0.25, 0.3) is 10.0 Å². The van der Waals surface area contributed by atoms with Gasteiger partial charge >= 0.3 is 0 Å². The molecular formula is C32H39Cl2N3O6S. The molecule has 0 saturated heterocycles.